The Morgan fingerprint density at radius 1 is 1.56 bits per heavy atom. The fourth-order valence-corrected chi connectivity index (χ4v) is 1.74. The van der Waals surface area contributed by atoms with Gasteiger partial charge in [-0.15, -0.1) is 0 Å². The number of nitrogens with one attached hydrogen (secondary N) is 1. The maximum absolute atomic E-state index is 10.7. The molecular formula is C12H16ClNO2. The molecule has 88 valence electrons. The van der Waals surface area contributed by atoms with Crippen molar-refractivity contribution >= 4 is 17.6 Å². The Morgan fingerprint density at radius 2 is 2.25 bits per heavy atom. The fourth-order valence-electron chi connectivity index (χ4n) is 1.47. The molecule has 0 radical (unpaired) electrons. The van der Waals surface area contributed by atoms with Gasteiger partial charge in [-0.1, -0.05) is 30.7 Å². The van der Waals surface area contributed by atoms with E-state index in [4.69, 9.17) is 16.7 Å². The Bertz CT molecular complexity index is 379. The summed E-state index contributed by atoms with van der Waals surface area (Å²) in [4.78, 5) is 10.7. The van der Waals surface area contributed by atoms with Gasteiger partial charge in [0.15, 0.2) is 0 Å². The number of hydrogen-bond donors (Lipinski definition) is 2. The van der Waals surface area contributed by atoms with Gasteiger partial charge in [0, 0.05) is 11.6 Å². The molecule has 0 aromatic heterocycles. The van der Waals surface area contributed by atoms with Crippen LogP contribution in [0.3, 0.4) is 0 Å². The highest BCUT2D eigenvalue weighted by Crippen LogP contribution is 2.20. The summed E-state index contributed by atoms with van der Waals surface area (Å²) in [6.45, 7) is 4.15. The Hall–Kier alpha value is -1.06. The van der Waals surface area contributed by atoms with Crippen LogP contribution in [0.25, 0.3) is 0 Å². The molecule has 2 N–H and O–H groups in total. The average molecular weight is 242 g/mol. The second-order valence-electron chi connectivity index (χ2n) is 3.67. The number of rotatable bonds is 5. The zero-order valence-corrected chi connectivity index (χ0v) is 10.2. The third kappa shape index (κ3) is 3.22. The van der Waals surface area contributed by atoms with Gasteiger partial charge in [-0.3, -0.25) is 4.79 Å². The van der Waals surface area contributed by atoms with Crippen molar-refractivity contribution in [2.75, 3.05) is 0 Å². The van der Waals surface area contributed by atoms with E-state index in [0.29, 0.717) is 11.6 Å². The normalized spacial score (nSPS) is 12.4. The highest BCUT2D eigenvalue weighted by molar-refractivity contribution is 6.31. The summed E-state index contributed by atoms with van der Waals surface area (Å²) in [5.41, 5.74) is 2.14. The molecule has 0 saturated heterocycles. The third-order valence-electron chi connectivity index (χ3n) is 2.55. The first-order valence-electron chi connectivity index (χ1n) is 5.28. The maximum Gasteiger partial charge on any atom is 0.320 e. The molecule has 0 fully saturated rings. The first kappa shape index (κ1) is 13.0. The SMILES string of the molecule is CCc1cccc(Cl)c1CNC(C)C(=O)O. The van der Waals surface area contributed by atoms with Crippen molar-refractivity contribution in [1.82, 2.24) is 5.32 Å². The number of benzene rings is 1. The molecular weight excluding hydrogens is 226 g/mol. The molecule has 1 unspecified atom stereocenters. The molecule has 0 aliphatic carbocycles. The van der Waals surface area contributed by atoms with E-state index in [1.165, 1.54) is 0 Å². The second-order valence-corrected chi connectivity index (χ2v) is 4.08. The van der Waals surface area contributed by atoms with Crippen LogP contribution in [0.2, 0.25) is 5.02 Å². The highest BCUT2D eigenvalue weighted by Gasteiger charge is 2.12. The molecule has 4 heteroatoms. The molecule has 3 nitrogen and oxygen atoms in total. The molecule has 0 spiro atoms. The molecule has 1 aromatic carbocycles. The largest absolute Gasteiger partial charge is 0.480 e. The third-order valence-corrected chi connectivity index (χ3v) is 2.91. The van der Waals surface area contributed by atoms with Crippen LogP contribution in [0.1, 0.15) is 25.0 Å². The van der Waals surface area contributed by atoms with Gasteiger partial charge in [0.1, 0.15) is 6.04 Å². The summed E-state index contributed by atoms with van der Waals surface area (Å²) in [6, 6.07) is 5.17. The van der Waals surface area contributed by atoms with Crippen LogP contribution in [0.15, 0.2) is 18.2 Å². The Kier molecular flexibility index (Phi) is 4.77. The summed E-state index contributed by atoms with van der Waals surface area (Å²) in [5, 5.41) is 12.4. The van der Waals surface area contributed by atoms with Crippen LogP contribution in [-0.4, -0.2) is 17.1 Å². The van der Waals surface area contributed by atoms with E-state index >= 15 is 0 Å². The van der Waals surface area contributed by atoms with E-state index in [1.807, 2.05) is 18.2 Å². The molecule has 1 rings (SSSR count). The number of hydrogen-bond acceptors (Lipinski definition) is 2. The van der Waals surface area contributed by atoms with E-state index in [9.17, 15) is 4.79 Å². The minimum absolute atomic E-state index is 0.482. The number of aliphatic carboxylic acids is 1. The summed E-state index contributed by atoms with van der Waals surface area (Å²) in [5.74, 6) is -0.856. The number of carboxylic acids is 1. The van der Waals surface area contributed by atoms with Crippen molar-refractivity contribution < 1.29 is 9.90 Å². The smallest absolute Gasteiger partial charge is 0.320 e. The predicted octanol–water partition coefficient (Wildman–Crippen LogP) is 2.47. The van der Waals surface area contributed by atoms with Crippen molar-refractivity contribution in [3.63, 3.8) is 0 Å². The van der Waals surface area contributed by atoms with Gasteiger partial charge in [-0.25, -0.2) is 0 Å². The fraction of sp³-hybridized carbons (Fsp3) is 0.417. The summed E-state index contributed by atoms with van der Waals surface area (Å²) in [6.07, 6.45) is 0.888. The number of carbonyl (C=O) groups is 1. The van der Waals surface area contributed by atoms with E-state index in [0.717, 1.165) is 17.5 Å². The second kappa shape index (κ2) is 5.87. The van der Waals surface area contributed by atoms with Crippen LogP contribution >= 0.6 is 11.6 Å². The van der Waals surface area contributed by atoms with Gasteiger partial charge in [-0.2, -0.15) is 0 Å². The molecule has 0 bridgehead atoms. The van der Waals surface area contributed by atoms with Crippen LogP contribution < -0.4 is 5.32 Å². The first-order chi connectivity index (χ1) is 7.56. The molecule has 0 aliphatic rings. The topological polar surface area (TPSA) is 49.3 Å². The highest BCUT2D eigenvalue weighted by atomic mass is 35.5. The van der Waals surface area contributed by atoms with Crippen LogP contribution in [-0.2, 0) is 17.8 Å². The minimum atomic E-state index is -0.856. The van der Waals surface area contributed by atoms with E-state index in [1.54, 1.807) is 6.92 Å². The van der Waals surface area contributed by atoms with Crippen LogP contribution in [0, 0.1) is 0 Å². The summed E-state index contributed by atoms with van der Waals surface area (Å²) in [7, 11) is 0. The van der Waals surface area contributed by atoms with Crippen LogP contribution in [0.4, 0.5) is 0 Å². The summed E-state index contributed by atoms with van der Waals surface area (Å²) < 4.78 is 0. The van der Waals surface area contributed by atoms with Crippen molar-refractivity contribution in [2.45, 2.75) is 32.9 Å². The van der Waals surface area contributed by atoms with Crippen molar-refractivity contribution in [2.24, 2.45) is 0 Å². The van der Waals surface area contributed by atoms with Crippen molar-refractivity contribution in [3.05, 3.63) is 34.3 Å². The van der Waals surface area contributed by atoms with Gasteiger partial charge in [0.05, 0.1) is 0 Å². The molecule has 1 atom stereocenters. The number of aryl methyl sites for hydroxylation is 1. The van der Waals surface area contributed by atoms with E-state index in [-0.39, 0.29) is 0 Å². The maximum atomic E-state index is 10.7. The van der Waals surface area contributed by atoms with Crippen molar-refractivity contribution in [3.8, 4) is 0 Å². The van der Waals surface area contributed by atoms with Crippen molar-refractivity contribution in [1.29, 1.82) is 0 Å². The zero-order chi connectivity index (χ0) is 12.1. The van der Waals surface area contributed by atoms with Gasteiger partial charge >= 0.3 is 5.97 Å². The van der Waals surface area contributed by atoms with Gasteiger partial charge in [0.2, 0.25) is 0 Å². The quantitative estimate of drug-likeness (QED) is 0.833. The lowest BCUT2D eigenvalue weighted by atomic mass is 10.0. The predicted molar refractivity (Wildman–Crippen MR) is 64.8 cm³/mol. The van der Waals surface area contributed by atoms with Gasteiger partial charge in [0.25, 0.3) is 0 Å². The molecule has 1 aromatic rings. The molecule has 16 heavy (non-hydrogen) atoms. The van der Waals surface area contributed by atoms with E-state index < -0.39 is 12.0 Å². The lowest BCUT2D eigenvalue weighted by Crippen LogP contribution is -2.33. The molecule has 0 heterocycles. The molecule has 0 aliphatic heterocycles. The molecule has 0 saturated carbocycles. The van der Waals surface area contributed by atoms with Gasteiger partial charge < -0.3 is 10.4 Å². The number of halogens is 1. The number of carboxylic acid groups (broad SMARTS) is 1. The monoisotopic (exact) mass is 241 g/mol. The Balaban J connectivity index is 2.76. The first-order valence-corrected chi connectivity index (χ1v) is 5.66. The Labute approximate surface area is 100 Å². The van der Waals surface area contributed by atoms with Gasteiger partial charge in [-0.05, 0) is 30.5 Å². The average Bonchev–Trinajstić information content (AvgIpc) is 2.26. The lowest BCUT2D eigenvalue weighted by Gasteiger charge is -2.13. The summed E-state index contributed by atoms with van der Waals surface area (Å²) >= 11 is 6.08. The zero-order valence-electron chi connectivity index (χ0n) is 9.46. The minimum Gasteiger partial charge on any atom is -0.480 e. The molecule has 0 amide bonds. The van der Waals surface area contributed by atoms with E-state index in [2.05, 4.69) is 12.2 Å². The standard InChI is InChI=1S/C12H16ClNO2/c1-3-9-5-4-6-11(13)10(9)7-14-8(2)12(15)16/h4-6,8,14H,3,7H2,1-2H3,(H,15,16). The Morgan fingerprint density at radius 3 is 2.81 bits per heavy atom. The van der Waals surface area contributed by atoms with Crippen LogP contribution in [0.5, 0.6) is 0 Å². The lowest BCUT2D eigenvalue weighted by molar-refractivity contribution is -0.139.